The highest BCUT2D eigenvalue weighted by Gasteiger charge is 2.53. The molecule has 5 unspecified atom stereocenters. The van der Waals surface area contributed by atoms with E-state index in [2.05, 4.69) is 0 Å². The number of allylic oxidation sites excluding steroid dienone is 6. The van der Waals surface area contributed by atoms with Crippen molar-refractivity contribution in [2.45, 2.75) is 204 Å². The number of ether oxygens (including phenoxy) is 6. The van der Waals surface area contributed by atoms with Crippen molar-refractivity contribution in [3.05, 3.63) is 47.6 Å². The highest BCUT2D eigenvalue weighted by atomic mass is 16.6. The molecule has 3 heterocycles. The van der Waals surface area contributed by atoms with E-state index in [-0.39, 0.29) is 81.1 Å². The zero-order valence-electron chi connectivity index (χ0n) is 47.4. The maximum absolute atomic E-state index is 14.6. The van der Waals surface area contributed by atoms with Crippen LogP contribution in [0.2, 0.25) is 0 Å². The molecule has 8 N–H and O–H groups in total. The number of nitrogens with zero attached hydrogens (tertiary/aromatic N) is 1. The summed E-state index contributed by atoms with van der Waals surface area (Å²) in [5, 5.41) is 83.9. The second kappa shape index (κ2) is 32.1. The highest BCUT2D eigenvalue weighted by molar-refractivity contribution is 6.39. The molecular formula is C58H93NO19. The lowest BCUT2D eigenvalue weighted by molar-refractivity contribution is -0.266. The van der Waals surface area contributed by atoms with Crippen LogP contribution < -0.4 is 0 Å². The van der Waals surface area contributed by atoms with Gasteiger partial charge in [0.05, 0.1) is 50.8 Å². The van der Waals surface area contributed by atoms with E-state index < -0.39 is 121 Å². The predicted octanol–water partition coefficient (Wildman–Crippen LogP) is 3.00. The number of hydrogen-bond donors (Lipinski definition) is 8. The van der Waals surface area contributed by atoms with Gasteiger partial charge in [-0.15, -0.1) is 0 Å². The monoisotopic (exact) mass is 1110 g/mol. The molecular weight excluding hydrogens is 1010 g/mol. The zero-order chi connectivity index (χ0) is 58.0. The molecule has 78 heavy (non-hydrogen) atoms. The maximum atomic E-state index is 14.6. The normalized spacial score (nSPS) is 37.4. The van der Waals surface area contributed by atoms with Gasteiger partial charge in [-0.25, -0.2) is 4.79 Å². The number of hydrogen-bond acceptors (Lipinski definition) is 19. The lowest BCUT2D eigenvalue weighted by Crippen LogP contribution is -2.61. The highest BCUT2D eigenvalue weighted by Crippen LogP contribution is 2.38. The summed E-state index contributed by atoms with van der Waals surface area (Å²) in [5.74, 6) is -9.15. The van der Waals surface area contributed by atoms with E-state index in [1.807, 2.05) is 19.9 Å². The number of carbonyl (C=O) groups excluding carboxylic acids is 5. The lowest BCUT2D eigenvalue weighted by Gasteiger charge is -2.43. The number of carbonyl (C=O) groups is 5. The van der Waals surface area contributed by atoms with Gasteiger partial charge in [-0.05, 0) is 107 Å². The molecule has 0 spiro atoms. The summed E-state index contributed by atoms with van der Waals surface area (Å²) in [7, 11) is 2.94. The molecule has 19 atom stereocenters. The van der Waals surface area contributed by atoms with Crippen LogP contribution in [0.25, 0.3) is 0 Å². The third-order valence-electron chi connectivity index (χ3n) is 16.4. The van der Waals surface area contributed by atoms with Gasteiger partial charge in [-0.1, -0.05) is 71.1 Å². The first-order valence-corrected chi connectivity index (χ1v) is 28.1. The number of ketones is 3. The minimum absolute atomic E-state index is 0.00963. The van der Waals surface area contributed by atoms with Crippen molar-refractivity contribution in [3.63, 3.8) is 0 Å². The molecule has 444 valence electrons. The van der Waals surface area contributed by atoms with Crippen LogP contribution in [0, 0.1) is 35.5 Å². The summed E-state index contributed by atoms with van der Waals surface area (Å²) in [6.07, 6.45) is 1.60. The van der Waals surface area contributed by atoms with Gasteiger partial charge < -0.3 is 74.2 Å². The summed E-state index contributed by atoms with van der Waals surface area (Å²) < 4.78 is 35.9. The molecule has 0 aromatic heterocycles. The van der Waals surface area contributed by atoms with Gasteiger partial charge in [0.15, 0.2) is 5.78 Å². The van der Waals surface area contributed by atoms with Crippen LogP contribution in [0.1, 0.15) is 126 Å². The molecule has 0 aromatic rings. The second-order valence-electron chi connectivity index (χ2n) is 22.6. The zero-order valence-corrected chi connectivity index (χ0v) is 47.4. The number of Topliss-reactive ketones (excluding diaryl/α,β-unsaturated/α-hetero) is 3. The van der Waals surface area contributed by atoms with Gasteiger partial charge in [0.2, 0.25) is 5.79 Å². The molecule has 0 aromatic carbocycles. The molecule has 2 saturated heterocycles. The summed E-state index contributed by atoms with van der Waals surface area (Å²) in [4.78, 5) is 72.8. The Hall–Kier alpha value is -3.61. The molecule has 0 radical (unpaired) electrons. The van der Waals surface area contributed by atoms with Gasteiger partial charge in [0, 0.05) is 51.4 Å². The van der Waals surface area contributed by atoms with Crippen molar-refractivity contribution >= 4 is 29.2 Å². The van der Waals surface area contributed by atoms with Crippen LogP contribution in [0.15, 0.2) is 47.6 Å². The molecule has 20 nitrogen and oxygen atoms in total. The van der Waals surface area contributed by atoms with Crippen LogP contribution in [-0.2, 0) is 52.4 Å². The van der Waals surface area contributed by atoms with Crippen molar-refractivity contribution in [2.24, 2.45) is 35.5 Å². The Morgan fingerprint density at radius 1 is 0.808 bits per heavy atom. The fraction of sp³-hybridized carbons (Fsp3) is 0.776. The Labute approximate surface area is 460 Å². The summed E-state index contributed by atoms with van der Waals surface area (Å²) in [5.41, 5.74) is 0.910. The Kier molecular flexibility index (Phi) is 27.6. The fourth-order valence-corrected chi connectivity index (χ4v) is 11.3. The first-order chi connectivity index (χ1) is 36.9. The van der Waals surface area contributed by atoms with Crippen molar-refractivity contribution < 1.29 is 93.2 Å². The van der Waals surface area contributed by atoms with Gasteiger partial charge in [-0.2, -0.15) is 0 Å². The van der Waals surface area contributed by atoms with E-state index in [1.165, 1.54) is 7.11 Å². The number of aliphatic hydroxyl groups is 8. The number of methoxy groups -OCH3 is 2. The van der Waals surface area contributed by atoms with Crippen LogP contribution in [0.4, 0.5) is 0 Å². The SMILES string of the molecule is COC1C(=O)[C@H](C)C[C@H](C)/C=C/C=C/C=C(\C)[C@H](OCC(O)C(O)C(O)C(O)CO)C[C@@H]2CC[C@@H](C)[C@@](O)(O2)C(=O)C(=O)N2CCCC[C@H]2C(=O)O[C@H]([C@H](C)C[C@@H]2CC[C@@H](OCCO)[C@H](OC)C2)CC(=O)[C@H](C)/C=C(\C)[C@H]1O. The number of esters is 1. The average molecular weight is 1110 g/mol. The summed E-state index contributed by atoms with van der Waals surface area (Å²) >= 11 is 0. The minimum atomic E-state index is -2.64. The lowest BCUT2D eigenvalue weighted by atomic mass is 9.78. The van der Waals surface area contributed by atoms with Crippen molar-refractivity contribution in [1.29, 1.82) is 0 Å². The molecule has 20 heteroatoms. The van der Waals surface area contributed by atoms with Crippen LogP contribution in [0.3, 0.4) is 0 Å². The number of amides is 1. The van der Waals surface area contributed by atoms with Crippen LogP contribution in [0.5, 0.6) is 0 Å². The smallest absolute Gasteiger partial charge is 0.329 e. The van der Waals surface area contributed by atoms with Gasteiger partial charge in [-0.3, -0.25) is 19.2 Å². The molecule has 4 rings (SSSR count). The third-order valence-corrected chi connectivity index (χ3v) is 16.4. The molecule has 1 aliphatic carbocycles. The number of fused-ring (bicyclic) bond motifs is 3. The average Bonchev–Trinajstić information content (AvgIpc) is 3.46. The topological polar surface area (TPSA) is 306 Å². The van der Waals surface area contributed by atoms with E-state index in [0.29, 0.717) is 56.1 Å². The maximum Gasteiger partial charge on any atom is 0.329 e. The number of piperidine rings is 1. The van der Waals surface area contributed by atoms with Crippen molar-refractivity contribution in [1.82, 2.24) is 4.90 Å². The summed E-state index contributed by atoms with van der Waals surface area (Å²) in [6.45, 7) is 10.8. The van der Waals surface area contributed by atoms with E-state index in [4.69, 9.17) is 28.4 Å². The Morgan fingerprint density at radius 2 is 1.51 bits per heavy atom. The molecule has 4 aliphatic rings. The largest absolute Gasteiger partial charge is 0.460 e. The van der Waals surface area contributed by atoms with E-state index in [0.717, 1.165) is 11.3 Å². The Morgan fingerprint density at radius 3 is 2.18 bits per heavy atom. The number of aliphatic hydroxyl groups excluding tert-OH is 7. The molecule has 3 fully saturated rings. The van der Waals surface area contributed by atoms with E-state index in [9.17, 15) is 64.8 Å². The van der Waals surface area contributed by atoms with Crippen LogP contribution in [-0.4, -0.2) is 201 Å². The number of rotatable bonds is 15. The van der Waals surface area contributed by atoms with Gasteiger partial charge >= 0.3 is 5.97 Å². The van der Waals surface area contributed by atoms with Gasteiger partial charge in [0.1, 0.15) is 54.6 Å². The predicted molar refractivity (Wildman–Crippen MR) is 286 cm³/mol. The fourth-order valence-electron chi connectivity index (χ4n) is 11.3. The van der Waals surface area contributed by atoms with E-state index in [1.54, 1.807) is 72.1 Å². The Balaban J connectivity index is 1.73. The molecule has 1 amide bonds. The third kappa shape index (κ3) is 18.5. The standard InChI is InChI=1S/C58H93NO19/c1-33-15-11-10-12-16-34(2)47(76-32-45(64)53(68)52(67)44(63)31-61)29-41-20-18-39(7)58(72,78-41)55(69)56(70)59-22-14-13-17-42(59)57(71)77-48(36(4)27-40-19-21-46(75-24-23-60)49(28-40)73-8)30-43(62)35(3)26-38(6)51(66)54(74-9)50(65)37(5)25-33/h10-12,15-16,26,33,35-37,39-42,44-49,51-54,60-61,63-64,66-68,72H,13-14,17-25,27-32H2,1-9H3/b12-10+,15-11+,34-16+,38-26+/t33-,35-,36-,37-,39-,40+,41+,42+,44?,45?,46-,47-,48+,49-,51-,52?,53?,54?,58-/m1/s1. The van der Waals surface area contributed by atoms with Crippen molar-refractivity contribution in [3.8, 4) is 0 Å². The van der Waals surface area contributed by atoms with Crippen LogP contribution >= 0.6 is 0 Å². The molecule has 1 saturated carbocycles. The molecule has 2 bridgehead atoms. The first kappa shape index (κ1) is 66.9. The summed E-state index contributed by atoms with van der Waals surface area (Å²) in [6, 6.07) is -1.25. The number of cyclic esters (lactones) is 1. The minimum Gasteiger partial charge on any atom is -0.460 e. The quantitative estimate of drug-likeness (QED) is 0.0664. The van der Waals surface area contributed by atoms with Crippen molar-refractivity contribution in [2.75, 3.05) is 47.2 Å². The second-order valence-corrected chi connectivity index (χ2v) is 22.6. The Bertz CT molecular complexity index is 2060. The molecule has 3 aliphatic heterocycles. The first-order valence-electron chi connectivity index (χ1n) is 28.1. The van der Waals surface area contributed by atoms with E-state index >= 15 is 0 Å². The van der Waals surface area contributed by atoms with Gasteiger partial charge in [0.25, 0.3) is 11.7 Å².